The van der Waals surface area contributed by atoms with Gasteiger partial charge in [0.1, 0.15) is 18.1 Å². The summed E-state index contributed by atoms with van der Waals surface area (Å²) in [6.07, 6.45) is 4.46. The van der Waals surface area contributed by atoms with Crippen LogP contribution in [0.4, 0.5) is 0 Å². The van der Waals surface area contributed by atoms with Crippen LogP contribution in [0.3, 0.4) is 0 Å². The Morgan fingerprint density at radius 1 is 0.951 bits per heavy atom. The van der Waals surface area contributed by atoms with E-state index in [0.29, 0.717) is 38.2 Å². The molecule has 0 unspecified atom stereocenters. The minimum absolute atomic E-state index is 0.0137. The summed E-state index contributed by atoms with van der Waals surface area (Å²) >= 11 is 0. The topological polar surface area (TPSA) is 72.0 Å². The fourth-order valence-corrected chi connectivity index (χ4v) is 5.16. The summed E-state index contributed by atoms with van der Waals surface area (Å²) < 4.78 is 11.7. The SMILES string of the molecule is COc1ccc(CC(=O)N2CCOc3ccc(-c4cccnc4)cc3Cc3cccc(c3)C(=O)N(C)CC2)cc1C. The molecule has 0 atom stereocenters. The van der Waals surface area contributed by atoms with Crippen LogP contribution >= 0.6 is 0 Å². The molecule has 210 valence electrons. The van der Waals surface area contributed by atoms with Gasteiger partial charge in [-0.15, -0.1) is 0 Å². The Kier molecular flexibility index (Phi) is 8.63. The fraction of sp³-hybridized carbons (Fsp3) is 0.265. The van der Waals surface area contributed by atoms with Gasteiger partial charge in [0.2, 0.25) is 5.91 Å². The van der Waals surface area contributed by atoms with E-state index in [4.69, 9.17) is 9.47 Å². The number of hydrogen-bond donors (Lipinski definition) is 0. The van der Waals surface area contributed by atoms with E-state index in [1.54, 1.807) is 30.2 Å². The Balaban J connectivity index is 1.43. The Labute approximate surface area is 241 Å². The molecule has 0 fully saturated rings. The van der Waals surface area contributed by atoms with Gasteiger partial charge >= 0.3 is 0 Å². The quantitative estimate of drug-likeness (QED) is 0.350. The molecule has 0 saturated heterocycles. The van der Waals surface area contributed by atoms with E-state index in [1.165, 1.54) is 0 Å². The van der Waals surface area contributed by atoms with Gasteiger partial charge in [0.15, 0.2) is 0 Å². The van der Waals surface area contributed by atoms with Crippen molar-refractivity contribution < 1.29 is 19.1 Å². The molecule has 4 aromatic rings. The maximum absolute atomic E-state index is 13.5. The largest absolute Gasteiger partial charge is 0.496 e. The summed E-state index contributed by atoms with van der Waals surface area (Å²) in [6, 6.07) is 23.6. The van der Waals surface area contributed by atoms with E-state index in [-0.39, 0.29) is 18.2 Å². The standard InChI is InChI=1S/C34H35N3O4/c1-24-18-26(9-11-31(24)40-3)21-33(38)37-15-14-36(2)34(39)28-7-4-6-25(19-28)20-30-22-27(29-8-5-13-35-23-29)10-12-32(30)41-17-16-37/h4-13,18-19,22-23H,14-17,20-21H2,1-3H3. The van der Waals surface area contributed by atoms with Crippen LogP contribution in [0, 0.1) is 6.92 Å². The third kappa shape index (κ3) is 6.74. The number of hydrogen-bond acceptors (Lipinski definition) is 5. The van der Waals surface area contributed by atoms with Crippen LogP contribution in [0.15, 0.2) is 85.2 Å². The lowest BCUT2D eigenvalue weighted by Gasteiger charge is -2.27. The minimum atomic E-state index is -0.0670. The zero-order chi connectivity index (χ0) is 28.8. The Bertz CT molecular complexity index is 1540. The van der Waals surface area contributed by atoms with Crippen molar-refractivity contribution >= 4 is 11.8 Å². The van der Waals surface area contributed by atoms with Crippen LogP contribution in [0.5, 0.6) is 11.5 Å². The molecule has 0 N–H and O–H groups in total. The molecule has 7 nitrogen and oxygen atoms in total. The average molecular weight is 550 g/mol. The van der Waals surface area contributed by atoms with Gasteiger partial charge < -0.3 is 19.3 Å². The molecule has 1 aliphatic rings. The number of carbonyl (C=O) groups excluding carboxylic acids is 2. The number of benzene rings is 3. The molecule has 3 aromatic carbocycles. The van der Waals surface area contributed by atoms with Gasteiger partial charge in [0.25, 0.3) is 5.91 Å². The number of pyridine rings is 1. The zero-order valence-electron chi connectivity index (χ0n) is 23.8. The molecule has 2 bridgehead atoms. The van der Waals surface area contributed by atoms with Gasteiger partial charge in [-0.25, -0.2) is 0 Å². The first-order valence-electron chi connectivity index (χ1n) is 13.8. The molecule has 2 amide bonds. The Hall–Kier alpha value is -4.65. The lowest BCUT2D eigenvalue weighted by Crippen LogP contribution is -2.42. The summed E-state index contributed by atoms with van der Waals surface area (Å²) in [4.78, 5) is 34.5. The molecule has 0 spiro atoms. The van der Waals surface area contributed by atoms with Crippen LogP contribution < -0.4 is 9.47 Å². The second-order valence-electron chi connectivity index (χ2n) is 10.4. The van der Waals surface area contributed by atoms with Gasteiger partial charge in [0.05, 0.1) is 20.1 Å². The summed E-state index contributed by atoms with van der Waals surface area (Å²) in [5.74, 6) is 1.48. The summed E-state index contributed by atoms with van der Waals surface area (Å²) in [6.45, 7) is 3.54. The predicted molar refractivity (Wildman–Crippen MR) is 159 cm³/mol. The lowest BCUT2D eigenvalue weighted by molar-refractivity contribution is -0.131. The Morgan fingerprint density at radius 3 is 2.59 bits per heavy atom. The van der Waals surface area contributed by atoms with Crippen LogP contribution in [-0.4, -0.2) is 67.0 Å². The van der Waals surface area contributed by atoms with Crippen molar-refractivity contribution in [3.8, 4) is 22.6 Å². The number of aryl methyl sites for hydroxylation is 1. The number of amides is 2. The number of rotatable bonds is 4. The minimum Gasteiger partial charge on any atom is -0.496 e. The van der Waals surface area contributed by atoms with E-state index in [0.717, 1.165) is 44.9 Å². The first-order chi connectivity index (χ1) is 19.9. The highest BCUT2D eigenvalue weighted by molar-refractivity contribution is 5.94. The Morgan fingerprint density at radius 2 is 1.80 bits per heavy atom. The molecular weight excluding hydrogens is 514 g/mol. The molecule has 0 radical (unpaired) electrons. The number of methoxy groups -OCH3 is 1. The number of aromatic nitrogens is 1. The average Bonchev–Trinajstić information content (AvgIpc) is 2.99. The predicted octanol–water partition coefficient (Wildman–Crippen LogP) is 5.19. The zero-order valence-corrected chi connectivity index (χ0v) is 23.8. The molecule has 1 aromatic heterocycles. The van der Waals surface area contributed by atoms with Crippen molar-refractivity contribution in [1.29, 1.82) is 0 Å². The van der Waals surface area contributed by atoms with Gasteiger partial charge in [-0.3, -0.25) is 14.6 Å². The van der Waals surface area contributed by atoms with Crippen LogP contribution in [-0.2, 0) is 17.6 Å². The molecule has 0 saturated carbocycles. The summed E-state index contributed by atoms with van der Waals surface area (Å²) in [7, 11) is 3.42. The van der Waals surface area contributed by atoms with Crippen LogP contribution in [0.2, 0.25) is 0 Å². The monoisotopic (exact) mass is 549 g/mol. The van der Waals surface area contributed by atoms with Crippen molar-refractivity contribution in [2.45, 2.75) is 19.8 Å². The first-order valence-corrected chi connectivity index (χ1v) is 13.8. The first kappa shape index (κ1) is 27.9. The van der Waals surface area contributed by atoms with Gasteiger partial charge in [-0.2, -0.15) is 0 Å². The van der Waals surface area contributed by atoms with Crippen molar-refractivity contribution in [2.24, 2.45) is 0 Å². The highest BCUT2D eigenvalue weighted by atomic mass is 16.5. The molecule has 7 heteroatoms. The molecular formula is C34H35N3O4. The third-order valence-electron chi connectivity index (χ3n) is 7.46. The number of nitrogens with zero attached hydrogens (tertiary/aromatic N) is 3. The van der Waals surface area contributed by atoms with E-state index in [2.05, 4.69) is 11.1 Å². The molecule has 1 aliphatic heterocycles. The van der Waals surface area contributed by atoms with Crippen molar-refractivity contribution in [2.75, 3.05) is 40.4 Å². The highest BCUT2D eigenvalue weighted by Gasteiger charge is 2.20. The maximum atomic E-state index is 13.5. The highest BCUT2D eigenvalue weighted by Crippen LogP contribution is 2.29. The second-order valence-corrected chi connectivity index (χ2v) is 10.4. The number of ether oxygens (including phenoxy) is 2. The van der Waals surface area contributed by atoms with Gasteiger partial charge in [-0.05, 0) is 71.1 Å². The normalized spacial score (nSPS) is 14.1. The lowest BCUT2D eigenvalue weighted by atomic mass is 9.98. The molecule has 0 aliphatic carbocycles. The smallest absolute Gasteiger partial charge is 0.253 e. The number of carbonyl (C=O) groups is 2. The van der Waals surface area contributed by atoms with Gasteiger partial charge in [0, 0.05) is 50.1 Å². The number of likely N-dealkylation sites (N-methyl/N-ethyl adjacent to an activating group) is 1. The van der Waals surface area contributed by atoms with Crippen LogP contribution in [0.1, 0.15) is 32.6 Å². The van der Waals surface area contributed by atoms with Crippen molar-refractivity contribution in [3.63, 3.8) is 0 Å². The second kappa shape index (κ2) is 12.7. The fourth-order valence-electron chi connectivity index (χ4n) is 5.16. The van der Waals surface area contributed by atoms with E-state index < -0.39 is 0 Å². The molecule has 5 rings (SSSR count). The van der Waals surface area contributed by atoms with Crippen molar-refractivity contribution in [3.05, 3.63) is 113 Å². The third-order valence-corrected chi connectivity index (χ3v) is 7.46. The summed E-state index contributed by atoms with van der Waals surface area (Å²) in [5, 5.41) is 0. The number of fused-ring (bicyclic) bond motifs is 3. The maximum Gasteiger partial charge on any atom is 0.253 e. The van der Waals surface area contributed by atoms with E-state index in [1.807, 2.05) is 79.9 Å². The van der Waals surface area contributed by atoms with Crippen molar-refractivity contribution in [1.82, 2.24) is 14.8 Å². The summed E-state index contributed by atoms with van der Waals surface area (Å²) in [5.41, 5.74) is 6.62. The van der Waals surface area contributed by atoms with Gasteiger partial charge in [-0.1, -0.05) is 36.4 Å². The van der Waals surface area contributed by atoms with E-state index in [9.17, 15) is 9.59 Å². The molecule has 41 heavy (non-hydrogen) atoms. The van der Waals surface area contributed by atoms with Crippen LogP contribution in [0.25, 0.3) is 11.1 Å². The van der Waals surface area contributed by atoms with E-state index >= 15 is 0 Å². The molecule has 2 heterocycles.